The van der Waals surface area contributed by atoms with E-state index in [1.807, 2.05) is 0 Å². The first kappa shape index (κ1) is 8.94. The van der Waals surface area contributed by atoms with Gasteiger partial charge in [0.2, 0.25) is 0 Å². The zero-order chi connectivity index (χ0) is 8.15. The molecule has 0 fully saturated rings. The Bertz CT molecular complexity index is 141. The van der Waals surface area contributed by atoms with Gasteiger partial charge in [0.05, 0.1) is 19.0 Å². The summed E-state index contributed by atoms with van der Waals surface area (Å²) in [5, 5.41) is 10.1. The number of carbonyl (C=O) groups is 2. The molecule has 4 nitrogen and oxygen atoms in total. The van der Waals surface area contributed by atoms with Crippen LogP contribution in [0.5, 0.6) is 0 Å². The highest BCUT2D eigenvalue weighted by molar-refractivity contribution is 5.92. The van der Waals surface area contributed by atoms with E-state index in [1.165, 1.54) is 0 Å². The maximum atomic E-state index is 10.5. The van der Waals surface area contributed by atoms with Crippen LogP contribution in [0.25, 0.3) is 0 Å². The summed E-state index contributed by atoms with van der Waals surface area (Å²) in [6, 6.07) is 0. The molecule has 0 amide bonds. The van der Waals surface area contributed by atoms with Crippen molar-refractivity contribution in [1.82, 2.24) is 0 Å². The number of carboxylic acid groups (broad SMARTS) is 1. The molecule has 1 unspecified atom stereocenters. The molecule has 0 radical (unpaired) electrons. The number of ether oxygens (including phenoxy) is 1. The van der Waals surface area contributed by atoms with Crippen LogP contribution < -0.4 is 5.11 Å². The van der Waals surface area contributed by atoms with Crippen molar-refractivity contribution in [1.29, 1.82) is 0 Å². The third-order valence-corrected chi connectivity index (χ3v) is 1.18. The Balaban J connectivity index is 4.06. The number of carbonyl (C=O) groups excluding carboxylic acids is 2. The van der Waals surface area contributed by atoms with E-state index in [1.54, 1.807) is 6.92 Å². The molecule has 0 aromatic heterocycles. The van der Waals surface area contributed by atoms with Crippen LogP contribution in [0.15, 0.2) is 0 Å². The number of carboxylic acids is 1. The zero-order valence-electron chi connectivity index (χ0n) is 5.92. The molecular formula is C6H9O4-. The van der Waals surface area contributed by atoms with Crippen LogP contribution in [0, 0.1) is 5.92 Å². The molecule has 0 aromatic rings. The summed E-state index contributed by atoms with van der Waals surface area (Å²) in [5.41, 5.74) is 0. The molecule has 0 saturated heterocycles. The van der Waals surface area contributed by atoms with Crippen molar-refractivity contribution in [3.8, 4) is 0 Å². The number of hydrogen-bond acceptors (Lipinski definition) is 4. The van der Waals surface area contributed by atoms with Crippen LogP contribution in [0.4, 0.5) is 0 Å². The molecule has 0 N–H and O–H groups in total. The van der Waals surface area contributed by atoms with E-state index in [4.69, 9.17) is 0 Å². The van der Waals surface area contributed by atoms with Gasteiger partial charge in [-0.05, 0) is 6.42 Å². The number of methoxy groups -OCH3 is 1. The van der Waals surface area contributed by atoms with Crippen LogP contribution >= 0.6 is 0 Å². The van der Waals surface area contributed by atoms with Gasteiger partial charge >= 0.3 is 5.97 Å². The molecule has 0 spiro atoms. The molecule has 0 bridgehead atoms. The summed E-state index contributed by atoms with van der Waals surface area (Å²) in [5.74, 6) is -3.25. The van der Waals surface area contributed by atoms with Crippen molar-refractivity contribution in [2.75, 3.05) is 7.11 Å². The minimum Gasteiger partial charge on any atom is -0.549 e. The van der Waals surface area contributed by atoms with Crippen molar-refractivity contribution in [3.05, 3.63) is 0 Å². The van der Waals surface area contributed by atoms with E-state index in [0.717, 1.165) is 7.11 Å². The predicted octanol–water partition coefficient (Wildman–Crippen LogP) is -1.06. The van der Waals surface area contributed by atoms with E-state index in [0.29, 0.717) is 0 Å². The second-order valence-electron chi connectivity index (χ2n) is 1.80. The van der Waals surface area contributed by atoms with Crippen molar-refractivity contribution in [2.45, 2.75) is 13.3 Å². The zero-order valence-corrected chi connectivity index (χ0v) is 5.92. The van der Waals surface area contributed by atoms with E-state index in [-0.39, 0.29) is 6.42 Å². The Morgan fingerprint density at radius 1 is 1.60 bits per heavy atom. The standard InChI is InChI=1S/C6H10O4/c1-3-4(5(7)8)6(9)10-2/h4H,3H2,1-2H3,(H,7,8)/p-1. The summed E-state index contributed by atoms with van der Waals surface area (Å²) >= 11 is 0. The molecule has 0 heterocycles. The van der Waals surface area contributed by atoms with Crippen LogP contribution in [0.2, 0.25) is 0 Å². The van der Waals surface area contributed by atoms with Gasteiger partial charge in [0.15, 0.2) is 0 Å². The van der Waals surface area contributed by atoms with Gasteiger partial charge < -0.3 is 14.6 Å². The molecule has 10 heavy (non-hydrogen) atoms. The third-order valence-electron chi connectivity index (χ3n) is 1.18. The lowest BCUT2D eigenvalue weighted by Gasteiger charge is -2.11. The van der Waals surface area contributed by atoms with Gasteiger partial charge in [-0.3, -0.25) is 4.79 Å². The van der Waals surface area contributed by atoms with E-state index in [2.05, 4.69) is 4.74 Å². The topological polar surface area (TPSA) is 66.4 Å². The van der Waals surface area contributed by atoms with Crippen molar-refractivity contribution in [3.63, 3.8) is 0 Å². The highest BCUT2D eigenvalue weighted by Gasteiger charge is 2.17. The van der Waals surface area contributed by atoms with Crippen molar-refractivity contribution >= 4 is 11.9 Å². The molecule has 58 valence electrons. The average Bonchev–Trinajstić information content (AvgIpc) is 1.88. The van der Waals surface area contributed by atoms with Gasteiger partial charge in [-0.25, -0.2) is 0 Å². The molecule has 0 aliphatic carbocycles. The number of esters is 1. The minimum absolute atomic E-state index is 0.203. The number of aliphatic carboxylic acids is 1. The van der Waals surface area contributed by atoms with Gasteiger partial charge in [-0.15, -0.1) is 0 Å². The first-order chi connectivity index (χ1) is 4.63. The first-order valence-corrected chi connectivity index (χ1v) is 2.92. The Kier molecular flexibility index (Phi) is 3.46. The SMILES string of the molecule is CCC(C(=O)[O-])C(=O)OC. The Hall–Kier alpha value is -1.06. The second-order valence-corrected chi connectivity index (χ2v) is 1.80. The second kappa shape index (κ2) is 3.87. The predicted molar refractivity (Wildman–Crippen MR) is 30.8 cm³/mol. The summed E-state index contributed by atoms with van der Waals surface area (Å²) in [4.78, 5) is 20.7. The number of hydrogen-bond donors (Lipinski definition) is 0. The highest BCUT2D eigenvalue weighted by atomic mass is 16.5. The normalized spacial score (nSPS) is 12.2. The molecule has 0 saturated carbocycles. The van der Waals surface area contributed by atoms with Crippen LogP contribution in [0.3, 0.4) is 0 Å². The highest BCUT2D eigenvalue weighted by Crippen LogP contribution is 2.02. The molecule has 4 heteroatoms. The first-order valence-electron chi connectivity index (χ1n) is 2.92. The lowest BCUT2D eigenvalue weighted by atomic mass is 10.1. The maximum absolute atomic E-state index is 10.5. The summed E-state index contributed by atoms with van der Waals surface area (Å²) in [7, 11) is 1.15. The molecule has 0 aliphatic rings. The van der Waals surface area contributed by atoms with Crippen molar-refractivity contribution in [2.24, 2.45) is 5.92 Å². The smallest absolute Gasteiger partial charge is 0.314 e. The van der Waals surface area contributed by atoms with Gasteiger partial charge in [-0.2, -0.15) is 0 Å². The van der Waals surface area contributed by atoms with E-state index < -0.39 is 17.9 Å². The summed E-state index contributed by atoms with van der Waals surface area (Å²) < 4.78 is 4.20. The largest absolute Gasteiger partial charge is 0.549 e. The fourth-order valence-corrected chi connectivity index (χ4v) is 0.572. The summed E-state index contributed by atoms with van der Waals surface area (Å²) in [6.45, 7) is 1.58. The maximum Gasteiger partial charge on any atom is 0.314 e. The Morgan fingerprint density at radius 2 is 2.10 bits per heavy atom. The quantitative estimate of drug-likeness (QED) is 0.375. The van der Waals surface area contributed by atoms with Crippen LogP contribution in [-0.2, 0) is 14.3 Å². The van der Waals surface area contributed by atoms with E-state index >= 15 is 0 Å². The Labute approximate surface area is 58.8 Å². The molecule has 0 rings (SSSR count). The lowest BCUT2D eigenvalue weighted by Crippen LogP contribution is -2.36. The average molecular weight is 145 g/mol. The number of rotatable bonds is 3. The molecular weight excluding hydrogens is 136 g/mol. The van der Waals surface area contributed by atoms with Crippen LogP contribution in [-0.4, -0.2) is 19.0 Å². The van der Waals surface area contributed by atoms with Gasteiger partial charge in [0.1, 0.15) is 0 Å². The van der Waals surface area contributed by atoms with Gasteiger partial charge in [0, 0.05) is 0 Å². The van der Waals surface area contributed by atoms with Gasteiger partial charge in [0.25, 0.3) is 0 Å². The third kappa shape index (κ3) is 2.05. The monoisotopic (exact) mass is 145 g/mol. The van der Waals surface area contributed by atoms with Gasteiger partial charge in [-0.1, -0.05) is 6.92 Å². The Morgan fingerprint density at radius 3 is 2.20 bits per heavy atom. The lowest BCUT2D eigenvalue weighted by molar-refractivity contribution is -0.310. The molecule has 1 atom stereocenters. The van der Waals surface area contributed by atoms with Crippen LogP contribution in [0.1, 0.15) is 13.3 Å². The molecule has 0 aromatic carbocycles. The fraction of sp³-hybridized carbons (Fsp3) is 0.667. The fourth-order valence-electron chi connectivity index (χ4n) is 0.572. The van der Waals surface area contributed by atoms with Crippen molar-refractivity contribution < 1.29 is 19.4 Å². The molecule has 0 aliphatic heterocycles. The van der Waals surface area contributed by atoms with E-state index in [9.17, 15) is 14.7 Å². The summed E-state index contributed by atoms with van der Waals surface area (Å²) in [6.07, 6.45) is 0.203. The minimum atomic E-state index is -1.38.